The minimum atomic E-state index is 0.519. The maximum absolute atomic E-state index is 5.64. The summed E-state index contributed by atoms with van der Waals surface area (Å²) in [4.78, 5) is 0. The van der Waals surface area contributed by atoms with Crippen molar-refractivity contribution in [1.82, 2.24) is 0 Å². The molecule has 76 valence electrons. The predicted molar refractivity (Wildman–Crippen MR) is 60.2 cm³/mol. The molecule has 0 spiro atoms. The Morgan fingerprint density at radius 2 is 1.79 bits per heavy atom. The average molecular weight is 191 g/mol. The summed E-state index contributed by atoms with van der Waals surface area (Å²) >= 11 is 0. The molecule has 1 aromatic carbocycles. The highest BCUT2D eigenvalue weighted by Crippen LogP contribution is 2.17. The summed E-state index contributed by atoms with van der Waals surface area (Å²) in [5.41, 5.74) is 21.1. The molecule has 0 aliphatic carbocycles. The summed E-state index contributed by atoms with van der Waals surface area (Å²) in [6.07, 6.45) is 3.37. The van der Waals surface area contributed by atoms with Gasteiger partial charge in [0.25, 0.3) is 0 Å². The van der Waals surface area contributed by atoms with E-state index in [2.05, 4.69) is 6.07 Å². The fourth-order valence-electron chi connectivity index (χ4n) is 1.49. The lowest BCUT2D eigenvalue weighted by atomic mass is 9.99. The van der Waals surface area contributed by atoms with E-state index in [4.69, 9.17) is 17.2 Å². The molecule has 6 N–H and O–H groups in total. The molecule has 0 aromatic heterocycles. The van der Waals surface area contributed by atoms with Crippen LogP contribution in [0, 0.1) is 6.92 Å². The number of nitrogens with two attached hydrogens (primary N) is 3. The van der Waals surface area contributed by atoms with Crippen molar-refractivity contribution >= 4 is 6.08 Å². The maximum atomic E-state index is 5.64. The van der Waals surface area contributed by atoms with Gasteiger partial charge in [-0.25, -0.2) is 0 Å². The standard InChI is InChI=1S/C11H17N3/c1-8-4-11(7-14)9(2-3-12)5-10(8)6-13/h2-5H,6-7,12-14H2,1H3/b3-2-. The third-order valence-corrected chi connectivity index (χ3v) is 2.31. The third-order valence-electron chi connectivity index (χ3n) is 2.31. The Balaban J connectivity index is 3.24. The van der Waals surface area contributed by atoms with Crippen LogP contribution >= 0.6 is 0 Å². The number of rotatable bonds is 3. The first-order chi connectivity index (χ1) is 6.72. The van der Waals surface area contributed by atoms with Gasteiger partial charge in [-0.3, -0.25) is 0 Å². The zero-order valence-electron chi connectivity index (χ0n) is 8.46. The smallest absolute Gasteiger partial charge is 0.0184 e. The molecule has 0 heterocycles. The van der Waals surface area contributed by atoms with Crippen molar-refractivity contribution in [2.45, 2.75) is 20.0 Å². The van der Waals surface area contributed by atoms with Crippen molar-refractivity contribution < 1.29 is 0 Å². The molecule has 0 aliphatic rings. The molecule has 0 radical (unpaired) electrons. The zero-order valence-corrected chi connectivity index (χ0v) is 8.46. The van der Waals surface area contributed by atoms with E-state index in [1.165, 1.54) is 11.8 Å². The van der Waals surface area contributed by atoms with E-state index in [1.807, 2.05) is 19.1 Å². The molecular formula is C11H17N3. The average Bonchev–Trinajstić information content (AvgIpc) is 2.20. The summed E-state index contributed by atoms with van der Waals surface area (Å²) in [5, 5.41) is 0. The Kier molecular flexibility index (Phi) is 3.68. The monoisotopic (exact) mass is 191 g/mol. The molecule has 14 heavy (non-hydrogen) atoms. The Hall–Kier alpha value is -1.32. The van der Waals surface area contributed by atoms with E-state index in [0.717, 1.165) is 16.7 Å². The molecule has 0 atom stereocenters. The lowest BCUT2D eigenvalue weighted by Gasteiger charge is -2.09. The molecule has 0 saturated carbocycles. The van der Waals surface area contributed by atoms with E-state index in [9.17, 15) is 0 Å². The number of benzene rings is 1. The highest BCUT2D eigenvalue weighted by molar-refractivity contribution is 5.56. The first-order valence-corrected chi connectivity index (χ1v) is 4.63. The summed E-state index contributed by atoms with van der Waals surface area (Å²) < 4.78 is 0. The Morgan fingerprint density at radius 3 is 2.29 bits per heavy atom. The minimum absolute atomic E-state index is 0.519. The van der Waals surface area contributed by atoms with Gasteiger partial charge < -0.3 is 17.2 Å². The Bertz CT molecular complexity index is 343. The van der Waals surface area contributed by atoms with Crippen LogP contribution in [0.5, 0.6) is 0 Å². The van der Waals surface area contributed by atoms with Crippen LogP contribution in [0.25, 0.3) is 6.08 Å². The van der Waals surface area contributed by atoms with Crippen molar-refractivity contribution in [2.75, 3.05) is 0 Å². The van der Waals surface area contributed by atoms with Gasteiger partial charge in [-0.05, 0) is 47.5 Å². The van der Waals surface area contributed by atoms with Gasteiger partial charge in [0.15, 0.2) is 0 Å². The minimum Gasteiger partial charge on any atom is -0.405 e. The number of hydrogen-bond acceptors (Lipinski definition) is 3. The van der Waals surface area contributed by atoms with E-state index in [0.29, 0.717) is 13.1 Å². The zero-order chi connectivity index (χ0) is 10.6. The van der Waals surface area contributed by atoms with Gasteiger partial charge in [-0.1, -0.05) is 6.07 Å². The van der Waals surface area contributed by atoms with E-state index >= 15 is 0 Å². The van der Waals surface area contributed by atoms with Crippen LogP contribution in [0.1, 0.15) is 22.3 Å². The van der Waals surface area contributed by atoms with Crippen LogP contribution in [-0.2, 0) is 13.1 Å². The molecule has 0 bridgehead atoms. The molecule has 0 unspecified atom stereocenters. The van der Waals surface area contributed by atoms with Crippen molar-refractivity contribution in [1.29, 1.82) is 0 Å². The second-order valence-electron chi connectivity index (χ2n) is 3.24. The lowest BCUT2D eigenvalue weighted by molar-refractivity contribution is 1.01. The number of hydrogen-bond donors (Lipinski definition) is 3. The molecule has 1 aromatic rings. The molecule has 3 nitrogen and oxygen atoms in total. The summed E-state index contributed by atoms with van der Waals surface area (Å²) in [5.74, 6) is 0. The normalized spacial score (nSPS) is 11.1. The van der Waals surface area contributed by atoms with Crippen LogP contribution in [0.3, 0.4) is 0 Å². The maximum Gasteiger partial charge on any atom is 0.0184 e. The predicted octanol–water partition coefficient (Wildman–Crippen LogP) is 0.842. The Labute approximate surface area is 84.6 Å². The van der Waals surface area contributed by atoms with Crippen LogP contribution in [0.15, 0.2) is 18.3 Å². The highest BCUT2D eigenvalue weighted by atomic mass is 14.5. The SMILES string of the molecule is Cc1cc(CN)c(/C=C\N)cc1CN. The lowest BCUT2D eigenvalue weighted by Crippen LogP contribution is -2.05. The van der Waals surface area contributed by atoms with Crippen LogP contribution in [-0.4, -0.2) is 0 Å². The first-order valence-electron chi connectivity index (χ1n) is 4.63. The largest absolute Gasteiger partial charge is 0.405 e. The summed E-state index contributed by atoms with van der Waals surface area (Å²) in [6, 6.07) is 4.11. The molecule has 0 amide bonds. The first kappa shape index (κ1) is 10.8. The fraction of sp³-hybridized carbons (Fsp3) is 0.273. The molecule has 0 aliphatic heterocycles. The van der Waals surface area contributed by atoms with Crippen molar-refractivity contribution in [3.63, 3.8) is 0 Å². The van der Waals surface area contributed by atoms with E-state index < -0.39 is 0 Å². The topological polar surface area (TPSA) is 78.1 Å². The van der Waals surface area contributed by atoms with Gasteiger partial charge >= 0.3 is 0 Å². The van der Waals surface area contributed by atoms with Crippen LogP contribution in [0.4, 0.5) is 0 Å². The van der Waals surface area contributed by atoms with E-state index in [1.54, 1.807) is 0 Å². The number of aryl methyl sites for hydroxylation is 1. The van der Waals surface area contributed by atoms with E-state index in [-0.39, 0.29) is 0 Å². The summed E-state index contributed by atoms with van der Waals surface area (Å²) in [6.45, 7) is 3.10. The fourth-order valence-corrected chi connectivity index (χ4v) is 1.49. The molecule has 3 heteroatoms. The molecular weight excluding hydrogens is 174 g/mol. The van der Waals surface area contributed by atoms with Crippen molar-refractivity contribution in [2.24, 2.45) is 17.2 Å². The van der Waals surface area contributed by atoms with Crippen LogP contribution in [0.2, 0.25) is 0 Å². The van der Waals surface area contributed by atoms with Gasteiger partial charge in [0, 0.05) is 13.1 Å². The van der Waals surface area contributed by atoms with Crippen LogP contribution < -0.4 is 17.2 Å². The third kappa shape index (κ3) is 2.13. The molecule has 0 saturated heterocycles. The highest BCUT2D eigenvalue weighted by Gasteiger charge is 2.02. The second kappa shape index (κ2) is 4.79. The van der Waals surface area contributed by atoms with Gasteiger partial charge in [-0.15, -0.1) is 0 Å². The van der Waals surface area contributed by atoms with Crippen molar-refractivity contribution in [3.05, 3.63) is 40.6 Å². The Morgan fingerprint density at radius 1 is 1.14 bits per heavy atom. The second-order valence-corrected chi connectivity index (χ2v) is 3.24. The molecule has 0 fully saturated rings. The van der Waals surface area contributed by atoms with Crippen molar-refractivity contribution in [3.8, 4) is 0 Å². The van der Waals surface area contributed by atoms with Gasteiger partial charge in [0.05, 0.1) is 0 Å². The quantitative estimate of drug-likeness (QED) is 0.662. The van der Waals surface area contributed by atoms with Gasteiger partial charge in [0.2, 0.25) is 0 Å². The van der Waals surface area contributed by atoms with Gasteiger partial charge in [-0.2, -0.15) is 0 Å². The van der Waals surface area contributed by atoms with Gasteiger partial charge in [0.1, 0.15) is 0 Å². The summed E-state index contributed by atoms with van der Waals surface area (Å²) in [7, 11) is 0. The molecule has 1 rings (SSSR count).